The molecule has 0 amide bonds. The number of carbonyl (C=O) groups excluding carboxylic acids is 1. The summed E-state index contributed by atoms with van der Waals surface area (Å²) in [4.78, 5) is 10.6. The Labute approximate surface area is 52.8 Å². The third kappa shape index (κ3) is 1.99. The topological polar surface area (TPSA) is 41.8 Å². The second-order valence-corrected chi connectivity index (χ2v) is 1.59. The van der Waals surface area contributed by atoms with E-state index in [0.717, 1.165) is 0 Å². The van der Waals surface area contributed by atoms with Crippen LogP contribution in [0.15, 0.2) is 22.4 Å². The van der Waals surface area contributed by atoms with E-state index in [9.17, 15) is 4.79 Å². The molecule has 0 aliphatic carbocycles. The summed E-state index contributed by atoms with van der Waals surface area (Å²) in [7, 11) is 0. The van der Waals surface area contributed by atoms with Gasteiger partial charge in [-0.25, -0.2) is 0 Å². The van der Waals surface area contributed by atoms with E-state index in [0.29, 0.717) is 6.42 Å². The van der Waals surface area contributed by atoms with E-state index in [1.54, 1.807) is 6.08 Å². The molecule has 0 N–H and O–H groups in total. The summed E-state index contributed by atoms with van der Waals surface area (Å²) in [6, 6.07) is 0. The van der Waals surface area contributed by atoms with Gasteiger partial charge < -0.3 is 0 Å². The Bertz CT molecular complexity index is 191. The highest BCUT2D eigenvalue weighted by Crippen LogP contribution is 1.85. The first kappa shape index (κ1) is 5.88. The summed E-state index contributed by atoms with van der Waals surface area (Å²) in [5.41, 5.74) is 0. The van der Waals surface area contributed by atoms with Gasteiger partial charge in [0.25, 0.3) is 0 Å². The quantitative estimate of drug-likeness (QED) is 0.463. The molecule has 0 saturated heterocycles. The number of allylic oxidation sites excluding steroid dienone is 2. The van der Waals surface area contributed by atoms with E-state index < -0.39 is 0 Å². The van der Waals surface area contributed by atoms with E-state index in [-0.39, 0.29) is 5.78 Å². The molecule has 3 heteroatoms. The maximum absolute atomic E-state index is 10.6. The van der Waals surface area contributed by atoms with Gasteiger partial charge in [-0.3, -0.25) is 4.79 Å². The van der Waals surface area contributed by atoms with Crippen LogP contribution < -0.4 is 0 Å². The molecular weight excluding hydrogens is 116 g/mol. The molecule has 1 aliphatic rings. The molecule has 0 atom stereocenters. The zero-order chi connectivity index (χ0) is 6.53. The predicted molar refractivity (Wildman–Crippen MR) is 35.7 cm³/mol. The van der Waals surface area contributed by atoms with E-state index in [1.807, 2.05) is 0 Å². The van der Waals surface area contributed by atoms with Crippen molar-refractivity contribution < 1.29 is 4.79 Å². The molecule has 0 spiro atoms. The number of carbonyl (C=O) groups is 1. The lowest BCUT2D eigenvalue weighted by atomic mass is 10.3. The summed E-state index contributed by atoms with van der Waals surface area (Å²) in [6.45, 7) is 0. The van der Waals surface area contributed by atoms with E-state index in [1.165, 1.54) is 18.5 Å². The van der Waals surface area contributed by atoms with Gasteiger partial charge in [0, 0.05) is 18.9 Å². The van der Waals surface area contributed by atoms with Gasteiger partial charge >= 0.3 is 0 Å². The van der Waals surface area contributed by atoms with E-state index >= 15 is 0 Å². The highest BCUT2D eigenvalue weighted by Gasteiger charge is 1.91. The molecule has 0 aromatic heterocycles. The van der Waals surface area contributed by atoms with Crippen LogP contribution in [0.25, 0.3) is 0 Å². The van der Waals surface area contributed by atoms with Crippen LogP contribution in [0.2, 0.25) is 0 Å². The molecule has 3 nitrogen and oxygen atoms in total. The van der Waals surface area contributed by atoms with Crippen LogP contribution in [-0.4, -0.2) is 18.2 Å². The van der Waals surface area contributed by atoms with Gasteiger partial charge in [0.1, 0.15) is 0 Å². The largest absolute Gasteiger partial charge is 0.294 e. The average molecular weight is 122 g/mol. The van der Waals surface area contributed by atoms with Crippen LogP contribution in [0, 0.1) is 0 Å². The highest BCUT2D eigenvalue weighted by atomic mass is 16.1. The van der Waals surface area contributed by atoms with E-state index in [2.05, 4.69) is 10.2 Å². The second kappa shape index (κ2) is 2.91. The fourth-order valence-corrected chi connectivity index (χ4v) is 0.473. The molecule has 9 heavy (non-hydrogen) atoms. The van der Waals surface area contributed by atoms with Crippen LogP contribution in [0.1, 0.15) is 6.42 Å². The van der Waals surface area contributed by atoms with Gasteiger partial charge in [-0.2, -0.15) is 10.2 Å². The molecule has 0 unspecified atom stereocenters. The first-order chi connectivity index (χ1) is 4.39. The first-order valence-electron chi connectivity index (χ1n) is 2.64. The van der Waals surface area contributed by atoms with Crippen molar-refractivity contribution in [3.05, 3.63) is 12.2 Å². The van der Waals surface area contributed by atoms with Crippen LogP contribution in [0.4, 0.5) is 0 Å². The summed E-state index contributed by atoms with van der Waals surface area (Å²) in [5, 5.41) is 7.12. The average Bonchev–Trinajstić information content (AvgIpc) is 1.79. The van der Waals surface area contributed by atoms with Crippen LogP contribution >= 0.6 is 0 Å². The predicted octanol–water partition coefficient (Wildman–Crippen LogP) is 0.572. The van der Waals surface area contributed by atoms with Gasteiger partial charge in [0.2, 0.25) is 0 Å². The second-order valence-electron chi connectivity index (χ2n) is 1.59. The highest BCUT2D eigenvalue weighted by molar-refractivity contribution is 6.01. The number of hydrogen-bond acceptors (Lipinski definition) is 3. The number of hydrogen-bond donors (Lipinski definition) is 0. The molecule has 0 radical (unpaired) electrons. The molecule has 0 bridgehead atoms. The molecule has 1 aliphatic heterocycles. The smallest absolute Gasteiger partial charge is 0.161 e. The van der Waals surface area contributed by atoms with Crippen molar-refractivity contribution >= 4 is 18.2 Å². The lowest BCUT2D eigenvalue weighted by molar-refractivity contribution is -0.113. The van der Waals surface area contributed by atoms with Crippen molar-refractivity contribution in [2.45, 2.75) is 6.42 Å². The third-order valence-corrected chi connectivity index (χ3v) is 0.876. The Morgan fingerprint density at radius 2 is 2.33 bits per heavy atom. The zero-order valence-electron chi connectivity index (χ0n) is 4.82. The molecule has 1 heterocycles. The van der Waals surface area contributed by atoms with Crippen molar-refractivity contribution in [2.24, 2.45) is 10.2 Å². The van der Waals surface area contributed by atoms with Crippen molar-refractivity contribution in [1.29, 1.82) is 0 Å². The summed E-state index contributed by atoms with van der Waals surface area (Å²) in [5.74, 6) is 0.0601. The van der Waals surface area contributed by atoms with Gasteiger partial charge in [-0.1, -0.05) is 0 Å². The number of nitrogens with zero attached hydrogens (tertiary/aromatic N) is 2. The minimum atomic E-state index is 0.0601. The van der Waals surface area contributed by atoms with Crippen LogP contribution in [-0.2, 0) is 4.79 Å². The van der Waals surface area contributed by atoms with Crippen molar-refractivity contribution in [1.82, 2.24) is 0 Å². The molecule has 1 rings (SSSR count). The minimum Gasteiger partial charge on any atom is -0.294 e. The lowest BCUT2D eigenvalue weighted by Crippen LogP contribution is -1.93. The molecule has 0 aromatic carbocycles. The Hall–Kier alpha value is -1.25. The van der Waals surface area contributed by atoms with Crippen molar-refractivity contribution in [3.63, 3.8) is 0 Å². The van der Waals surface area contributed by atoms with Crippen molar-refractivity contribution in [2.75, 3.05) is 0 Å². The summed E-state index contributed by atoms with van der Waals surface area (Å²) < 4.78 is 0. The van der Waals surface area contributed by atoms with E-state index in [4.69, 9.17) is 0 Å². The van der Waals surface area contributed by atoms with Crippen LogP contribution in [0.5, 0.6) is 0 Å². The molecular formula is C6H6N2O. The zero-order valence-corrected chi connectivity index (χ0v) is 4.82. The fourth-order valence-electron chi connectivity index (χ4n) is 0.473. The van der Waals surface area contributed by atoms with Gasteiger partial charge in [-0.15, -0.1) is 0 Å². The van der Waals surface area contributed by atoms with Gasteiger partial charge in [0.15, 0.2) is 5.78 Å². The summed E-state index contributed by atoms with van der Waals surface area (Å²) >= 11 is 0. The maximum Gasteiger partial charge on any atom is 0.161 e. The van der Waals surface area contributed by atoms with Gasteiger partial charge in [0.05, 0.1) is 0 Å². The maximum atomic E-state index is 10.6. The fraction of sp³-hybridized carbons (Fsp3) is 0.167. The number of ketones is 1. The Kier molecular flexibility index (Phi) is 1.90. The monoisotopic (exact) mass is 122 g/mol. The number of rotatable bonds is 0. The lowest BCUT2D eigenvalue weighted by Gasteiger charge is -1.85. The molecule has 46 valence electrons. The Morgan fingerprint density at radius 3 is 3.22 bits per heavy atom. The minimum absolute atomic E-state index is 0.0601. The third-order valence-electron chi connectivity index (χ3n) is 0.876. The normalized spacial score (nSPS) is 17.6. The Morgan fingerprint density at radius 1 is 1.44 bits per heavy atom. The van der Waals surface area contributed by atoms with Crippen LogP contribution in [0.3, 0.4) is 0 Å². The SMILES string of the molecule is O=C1C=CC=NN=CC1. The van der Waals surface area contributed by atoms with Gasteiger partial charge in [-0.05, 0) is 12.2 Å². The standard InChI is InChI=1S/C6H6N2O/c9-6-2-1-4-7-8-5-3-6/h1-2,4-5H,3H2. The summed E-state index contributed by atoms with van der Waals surface area (Å²) in [6.07, 6.45) is 6.39. The molecule has 0 aromatic rings. The molecule has 0 saturated carbocycles. The van der Waals surface area contributed by atoms with Crippen molar-refractivity contribution in [3.8, 4) is 0 Å². The first-order valence-corrected chi connectivity index (χ1v) is 2.64. The Balaban J connectivity index is 2.70. The molecule has 0 fully saturated rings.